The van der Waals surface area contributed by atoms with Crippen LogP contribution in [-0.2, 0) is 0 Å². The molecule has 0 unspecified atom stereocenters. The normalized spacial score (nSPS) is 10.9. The molecule has 4 heteroatoms. The van der Waals surface area contributed by atoms with Crippen molar-refractivity contribution >= 4 is 11.3 Å². The molecule has 2 N–H and O–H groups in total. The molecule has 0 aliphatic rings. The lowest BCUT2D eigenvalue weighted by atomic mass is 10.2. The average Bonchev–Trinajstić information content (AvgIpc) is 2.73. The van der Waals surface area contributed by atoms with Crippen molar-refractivity contribution in [3.05, 3.63) is 48.2 Å². The average molecular weight is 224 g/mol. The van der Waals surface area contributed by atoms with Gasteiger partial charge in [-0.15, -0.1) is 10.2 Å². The topological polar surface area (TPSA) is 56.2 Å². The van der Waals surface area contributed by atoms with E-state index in [0.29, 0.717) is 0 Å². The minimum Gasteiger partial charge on any atom is -0.399 e. The number of aryl methyl sites for hydroxylation is 1. The number of pyridine rings is 1. The van der Waals surface area contributed by atoms with Gasteiger partial charge in [0.05, 0.1) is 0 Å². The Morgan fingerprint density at radius 3 is 2.59 bits per heavy atom. The van der Waals surface area contributed by atoms with Gasteiger partial charge in [0.1, 0.15) is 0 Å². The molecule has 1 aromatic carbocycles. The molecule has 84 valence electrons. The third-order valence-electron chi connectivity index (χ3n) is 2.73. The van der Waals surface area contributed by atoms with Gasteiger partial charge in [-0.2, -0.15) is 0 Å². The predicted octanol–water partition coefficient (Wildman–Crippen LogP) is 2.29. The fraction of sp³-hybridized carbons (Fsp3) is 0.0769. The number of anilines is 1. The molecule has 0 radical (unpaired) electrons. The van der Waals surface area contributed by atoms with Crippen molar-refractivity contribution in [3.8, 4) is 11.4 Å². The van der Waals surface area contributed by atoms with E-state index in [-0.39, 0.29) is 0 Å². The highest BCUT2D eigenvalue weighted by Gasteiger charge is 2.07. The van der Waals surface area contributed by atoms with E-state index in [1.54, 1.807) is 0 Å². The van der Waals surface area contributed by atoms with Crippen LogP contribution in [0.3, 0.4) is 0 Å². The van der Waals surface area contributed by atoms with Gasteiger partial charge in [0.2, 0.25) is 0 Å². The van der Waals surface area contributed by atoms with E-state index in [4.69, 9.17) is 5.73 Å². The molecule has 0 aliphatic heterocycles. The summed E-state index contributed by atoms with van der Waals surface area (Å²) in [6, 6.07) is 11.7. The molecular formula is C13H12N4. The second-order valence-corrected chi connectivity index (χ2v) is 4.08. The first kappa shape index (κ1) is 9.84. The molecule has 17 heavy (non-hydrogen) atoms. The smallest absolute Gasteiger partial charge is 0.168 e. The molecule has 4 nitrogen and oxygen atoms in total. The Balaban J connectivity index is 2.21. The van der Waals surface area contributed by atoms with E-state index in [0.717, 1.165) is 22.7 Å². The van der Waals surface area contributed by atoms with Gasteiger partial charge in [-0.05, 0) is 48.9 Å². The Hall–Kier alpha value is -2.36. The Morgan fingerprint density at radius 1 is 1.06 bits per heavy atom. The lowest BCUT2D eigenvalue weighted by Crippen LogP contribution is -1.90. The minimum absolute atomic E-state index is 0.749. The monoisotopic (exact) mass is 224 g/mol. The zero-order valence-electron chi connectivity index (χ0n) is 9.46. The van der Waals surface area contributed by atoms with Crippen molar-refractivity contribution in [2.45, 2.75) is 6.92 Å². The summed E-state index contributed by atoms with van der Waals surface area (Å²) in [5, 5.41) is 8.37. The third kappa shape index (κ3) is 1.63. The molecule has 0 amide bonds. The minimum atomic E-state index is 0.749. The van der Waals surface area contributed by atoms with Crippen LogP contribution in [0.4, 0.5) is 5.69 Å². The SMILES string of the molecule is Cc1ccn2c(-c3ccc(N)cc3)nnc2c1. The number of fused-ring (bicyclic) bond motifs is 1. The number of hydrogen-bond acceptors (Lipinski definition) is 3. The Morgan fingerprint density at radius 2 is 1.82 bits per heavy atom. The Labute approximate surface area is 98.7 Å². The van der Waals surface area contributed by atoms with E-state index >= 15 is 0 Å². The lowest BCUT2D eigenvalue weighted by Gasteiger charge is -2.01. The second-order valence-electron chi connectivity index (χ2n) is 4.08. The summed E-state index contributed by atoms with van der Waals surface area (Å²) in [5.41, 5.74) is 9.46. The Kier molecular flexibility index (Phi) is 2.08. The van der Waals surface area contributed by atoms with Gasteiger partial charge in [-0.3, -0.25) is 4.40 Å². The van der Waals surface area contributed by atoms with Crippen LogP contribution in [0.2, 0.25) is 0 Å². The Bertz CT molecular complexity index is 667. The van der Waals surface area contributed by atoms with Crippen LogP contribution in [0.1, 0.15) is 5.56 Å². The summed E-state index contributed by atoms with van der Waals surface area (Å²) < 4.78 is 1.97. The van der Waals surface area contributed by atoms with E-state index in [2.05, 4.69) is 10.2 Å². The highest BCUT2D eigenvalue weighted by Crippen LogP contribution is 2.19. The highest BCUT2D eigenvalue weighted by molar-refractivity contribution is 5.62. The zero-order valence-corrected chi connectivity index (χ0v) is 9.46. The fourth-order valence-corrected chi connectivity index (χ4v) is 1.82. The van der Waals surface area contributed by atoms with Crippen LogP contribution in [0.15, 0.2) is 42.6 Å². The number of nitrogen functional groups attached to an aromatic ring is 1. The van der Waals surface area contributed by atoms with Crippen LogP contribution in [0.25, 0.3) is 17.0 Å². The van der Waals surface area contributed by atoms with Crippen LogP contribution < -0.4 is 5.73 Å². The van der Waals surface area contributed by atoms with Gasteiger partial charge < -0.3 is 5.73 Å². The maximum absolute atomic E-state index is 5.67. The van der Waals surface area contributed by atoms with Crippen LogP contribution >= 0.6 is 0 Å². The number of benzene rings is 1. The second kappa shape index (κ2) is 3.59. The van der Waals surface area contributed by atoms with Gasteiger partial charge in [0.15, 0.2) is 11.5 Å². The lowest BCUT2D eigenvalue weighted by molar-refractivity contribution is 1.11. The number of nitrogens with two attached hydrogens (primary N) is 1. The number of rotatable bonds is 1. The van der Waals surface area contributed by atoms with Gasteiger partial charge in [-0.25, -0.2) is 0 Å². The zero-order chi connectivity index (χ0) is 11.8. The summed E-state index contributed by atoms with van der Waals surface area (Å²) in [6.45, 7) is 2.04. The summed E-state index contributed by atoms with van der Waals surface area (Å²) in [6.07, 6.45) is 1.98. The van der Waals surface area contributed by atoms with Crippen molar-refractivity contribution < 1.29 is 0 Å². The van der Waals surface area contributed by atoms with Crippen molar-refractivity contribution in [2.75, 3.05) is 5.73 Å². The standard InChI is InChI=1S/C13H12N4/c1-9-6-7-17-12(8-9)15-16-13(17)10-2-4-11(14)5-3-10/h2-8H,14H2,1H3. The van der Waals surface area contributed by atoms with E-state index < -0.39 is 0 Å². The summed E-state index contributed by atoms with van der Waals surface area (Å²) in [4.78, 5) is 0. The molecule has 0 saturated carbocycles. The van der Waals surface area contributed by atoms with Gasteiger partial charge in [0.25, 0.3) is 0 Å². The maximum Gasteiger partial charge on any atom is 0.168 e. The van der Waals surface area contributed by atoms with E-state index in [9.17, 15) is 0 Å². The molecule has 0 fully saturated rings. The molecule has 2 aromatic heterocycles. The predicted molar refractivity (Wildman–Crippen MR) is 67.6 cm³/mol. The van der Waals surface area contributed by atoms with Crippen LogP contribution in [0.5, 0.6) is 0 Å². The third-order valence-corrected chi connectivity index (χ3v) is 2.73. The van der Waals surface area contributed by atoms with Gasteiger partial charge in [-0.1, -0.05) is 0 Å². The summed E-state index contributed by atoms with van der Waals surface area (Å²) >= 11 is 0. The molecule has 0 saturated heterocycles. The molecule has 2 heterocycles. The first-order chi connectivity index (χ1) is 8.24. The van der Waals surface area contributed by atoms with Crippen molar-refractivity contribution in [3.63, 3.8) is 0 Å². The number of nitrogens with zero attached hydrogens (tertiary/aromatic N) is 3. The highest BCUT2D eigenvalue weighted by atomic mass is 15.2. The quantitative estimate of drug-likeness (QED) is 0.645. The summed E-state index contributed by atoms with van der Waals surface area (Å²) in [5.74, 6) is 0.833. The van der Waals surface area contributed by atoms with Gasteiger partial charge >= 0.3 is 0 Å². The van der Waals surface area contributed by atoms with Crippen molar-refractivity contribution in [1.82, 2.24) is 14.6 Å². The molecule has 0 bridgehead atoms. The fourth-order valence-electron chi connectivity index (χ4n) is 1.82. The molecular weight excluding hydrogens is 212 g/mol. The van der Waals surface area contributed by atoms with Crippen LogP contribution in [0, 0.1) is 6.92 Å². The first-order valence-electron chi connectivity index (χ1n) is 5.41. The summed E-state index contributed by atoms with van der Waals surface area (Å²) in [7, 11) is 0. The van der Waals surface area contributed by atoms with Gasteiger partial charge in [0, 0.05) is 17.4 Å². The largest absolute Gasteiger partial charge is 0.399 e. The van der Waals surface area contributed by atoms with Crippen LogP contribution in [-0.4, -0.2) is 14.6 Å². The maximum atomic E-state index is 5.67. The molecule has 0 spiro atoms. The molecule has 3 rings (SSSR count). The molecule has 3 aromatic rings. The van der Waals surface area contributed by atoms with Crippen molar-refractivity contribution in [2.24, 2.45) is 0 Å². The van der Waals surface area contributed by atoms with Crippen molar-refractivity contribution in [1.29, 1.82) is 0 Å². The number of aromatic nitrogens is 3. The first-order valence-corrected chi connectivity index (χ1v) is 5.41. The van der Waals surface area contributed by atoms with E-state index in [1.807, 2.05) is 53.9 Å². The van der Waals surface area contributed by atoms with E-state index in [1.165, 1.54) is 5.56 Å². The number of hydrogen-bond donors (Lipinski definition) is 1. The molecule has 0 atom stereocenters. The molecule has 0 aliphatic carbocycles.